The largest absolute Gasteiger partial charge is 0.493 e. The number of hydrogen-bond donors (Lipinski definition) is 1. The minimum atomic E-state index is -1.07. The van der Waals surface area contributed by atoms with Gasteiger partial charge in [0.2, 0.25) is 0 Å². The maximum Gasteiger partial charge on any atom is 0.166 e. The summed E-state index contributed by atoms with van der Waals surface area (Å²) in [5, 5.41) is 23.4. The van der Waals surface area contributed by atoms with E-state index in [1.54, 1.807) is 7.11 Å². The van der Waals surface area contributed by atoms with Crippen LogP contribution in [-0.4, -0.2) is 72.0 Å². The highest BCUT2D eigenvalue weighted by Gasteiger charge is 2.65. The Morgan fingerprint density at radius 1 is 1.15 bits per heavy atom. The summed E-state index contributed by atoms with van der Waals surface area (Å²) in [6.07, 6.45) is 8.09. The minimum Gasteiger partial charge on any atom is -0.493 e. The molecule has 0 aromatic heterocycles. The first-order valence-electron chi connectivity index (χ1n) is 14.5. The molecular weight excluding hydrogens is 498 g/mol. The number of hydrogen-bond acceptors (Lipinski definition) is 6. The standard InChI is InChI=1S/C34H43N3O3/c1-23(2)37(24(3)4)28-21-34(38)30-19-26-14-15-29(39-6)32(40-18-10-13-25-11-8-7-9-12-25)31(26)33(34,16-17-36(30)5)20-27(28)22-35/h7-15,20,23-24,28,30,38H,16-19,21H2,1-6H3/b13-10+/t28-,30+,33+,34-/m1/s1. The molecule has 2 aliphatic carbocycles. The van der Waals surface area contributed by atoms with Gasteiger partial charge in [-0.05, 0) is 83.8 Å². The molecule has 1 heterocycles. The van der Waals surface area contributed by atoms with Crippen molar-refractivity contribution in [1.82, 2.24) is 9.80 Å². The van der Waals surface area contributed by atoms with Crippen LogP contribution in [0, 0.1) is 11.3 Å². The van der Waals surface area contributed by atoms with Crippen molar-refractivity contribution in [2.45, 2.75) is 82.1 Å². The zero-order chi connectivity index (χ0) is 28.7. The average molecular weight is 542 g/mol. The third-order valence-electron chi connectivity index (χ3n) is 9.38. The molecule has 0 radical (unpaired) electrons. The number of benzene rings is 2. The zero-order valence-electron chi connectivity index (χ0n) is 24.7. The maximum absolute atomic E-state index is 13.0. The van der Waals surface area contributed by atoms with Crippen molar-refractivity contribution < 1.29 is 14.6 Å². The van der Waals surface area contributed by atoms with Crippen LogP contribution in [0.4, 0.5) is 0 Å². The van der Waals surface area contributed by atoms with Crippen LogP contribution >= 0.6 is 0 Å². The minimum absolute atomic E-state index is 0.0619. The molecule has 1 fully saturated rings. The molecule has 2 aromatic rings. The lowest BCUT2D eigenvalue weighted by Crippen LogP contribution is -2.73. The number of methoxy groups -OCH3 is 1. The van der Waals surface area contributed by atoms with E-state index in [0.717, 1.165) is 35.2 Å². The fraction of sp³-hybridized carbons (Fsp3) is 0.500. The molecule has 0 saturated carbocycles. The smallest absolute Gasteiger partial charge is 0.166 e. The SMILES string of the molecule is COc1ccc2c(c1OC/C=C/c1ccccc1)[C@]13C=C(C#N)[C@H](N(C(C)C)C(C)C)C[C@@]1(O)[C@H](C2)N(C)CC3. The van der Waals surface area contributed by atoms with Crippen LogP contribution in [0.2, 0.25) is 0 Å². The Kier molecular flexibility index (Phi) is 7.85. The Balaban J connectivity index is 1.65. The molecule has 3 aliphatic rings. The summed E-state index contributed by atoms with van der Waals surface area (Å²) in [4.78, 5) is 4.69. The summed E-state index contributed by atoms with van der Waals surface area (Å²) in [7, 11) is 3.78. The van der Waals surface area contributed by atoms with Gasteiger partial charge in [-0.15, -0.1) is 0 Å². The van der Waals surface area contributed by atoms with E-state index < -0.39 is 11.0 Å². The van der Waals surface area contributed by atoms with Gasteiger partial charge in [0.1, 0.15) is 6.61 Å². The molecule has 2 bridgehead atoms. The quantitative estimate of drug-likeness (QED) is 0.486. The van der Waals surface area contributed by atoms with Crippen molar-refractivity contribution in [1.29, 1.82) is 5.26 Å². The lowest BCUT2D eigenvalue weighted by atomic mass is 9.50. The summed E-state index contributed by atoms with van der Waals surface area (Å²) in [5.41, 5.74) is 2.18. The van der Waals surface area contributed by atoms with E-state index in [1.807, 2.05) is 36.4 Å². The van der Waals surface area contributed by atoms with Crippen LogP contribution in [0.5, 0.6) is 11.5 Å². The number of likely N-dealkylation sites (tertiary alicyclic amines) is 1. The van der Waals surface area contributed by atoms with Gasteiger partial charge in [0, 0.05) is 35.3 Å². The lowest BCUT2D eigenvalue weighted by Gasteiger charge is -2.63. The van der Waals surface area contributed by atoms with Gasteiger partial charge in [-0.1, -0.05) is 48.6 Å². The van der Waals surface area contributed by atoms with Crippen molar-refractivity contribution >= 4 is 6.08 Å². The van der Waals surface area contributed by atoms with Crippen molar-refractivity contribution in [3.63, 3.8) is 0 Å². The third-order valence-corrected chi connectivity index (χ3v) is 9.38. The van der Waals surface area contributed by atoms with Gasteiger partial charge in [0.15, 0.2) is 11.5 Å². The highest BCUT2D eigenvalue weighted by Crippen LogP contribution is 2.60. The first-order valence-corrected chi connectivity index (χ1v) is 14.5. The summed E-state index contributed by atoms with van der Waals surface area (Å²) in [6, 6.07) is 17.1. The van der Waals surface area contributed by atoms with Crippen molar-refractivity contribution in [2.75, 3.05) is 27.3 Å². The second-order valence-electron chi connectivity index (χ2n) is 12.2. The van der Waals surface area contributed by atoms with Crippen LogP contribution in [-0.2, 0) is 11.8 Å². The number of nitrogens with zero attached hydrogens (tertiary/aromatic N) is 3. The number of ether oxygens (including phenoxy) is 2. The average Bonchev–Trinajstić information content (AvgIpc) is 2.92. The maximum atomic E-state index is 13.0. The fourth-order valence-electron chi connectivity index (χ4n) is 7.75. The van der Waals surface area contributed by atoms with Crippen LogP contribution < -0.4 is 9.47 Å². The molecule has 4 atom stereocenters. The Morgan fingerprint density at radius 3 is 2.52 bits per heavy atom. The molecule has 0 amide bonds. The molecule has 6 nitrogen and oxygen atoms in total. The van der Waals surface area contributed by atoms with Gasteiger partial charge in [0.25, 0.3) is 0 Å². The van der Waals surface area contributed by atoms with Gasteiger partial charge >= 0.3 is 0 Å². The Morgan fingerprint density at radius 2 is 1.88 bits per heavy atom. The Hall–Kier alpha value is -3.11. The van der Waals surface area contributed by atoms with Crippen LogP contribution in [0.25, 0.3) is 6.08 Å². The number of aliphatic hydroxyl groups is 1. The van der Waals surface area contributed by atoms with Gasteiger partial charge in [-0.25, -0.2) is 0 Å². The van der Waals surface area contributed by atoms with E-state index >= 15 is 0 Å². The zero-order valence-corrected chi connectivity index (χ0v) is 24.7. The van der Waals surface area contributed by atoms with Crippen LogP contribution in [0.1, 0.15) is 57.2 Å². The van der Waals surface area contributed by atoms with Crippen molar-refractivity contribution in [3.05, 3.63) is 76.9 Å². The predicted octanol–water partition coefficient (Wildman–Crippen LogP) is 5.36. The van der Waals surface area contributed by atoms with Gasteiger partial charge in [0.05, 0.1) is 24.2 Å². The number of fused-ring (bicyclic) bond motifs is 1. The number of likely N-dealkylation sites (N-methyl/N-ethyl adjacent to an activating group) is 1. The first kappa shape index (κ1) is 28.4. The van der Waals surface area contributed by atoms with Crippen LogP contribution in [0.15, 0.2) is 60.2 Å². The van der Waals surface area contributed by atoms with Crippen LogP contribution in [0.3, 0.4) is 0 Å². The Bertz CT molecular complexity index is 1320. The molecule has 212 valence electrons. The van der Waals surface area contributed by atoms with Gasteiger partial charge < -0.3 is 19.5 Å². The molecule has 40 heavy (non-hydrogen) atoms. The number of nitriles is 1. The van der Waals surface area contributed by atoms with E-state index in [4.69, 9.17) is 9.47 Å². The highest BCUT2D eigenvalue weighted by atomic mass is 16.5. The molecule has 6 heteroatoms. The third kappa shape index (κ3) is 4.55. The van der Waals surface area contributed by atoms with Crippen molar-refractivity contribution in [2.24, 2.45) is 0 Å². The molecule has 1 aliphatic heterocycles. The molecule has 1 N–H and O–H groups in total. The summed E-state index contributed by atoms with van der Waals surface area (Å²) in [6.45, 7) is 9.89. The van der Waals surface area contributed by atoms with Gasteiger partial charge in [-0.3, -0.25) is 4.90 Å². The van der Waals surface area contributed by atoms with E-state index in [1.165, 1.54) is 0 Å². The topological polar surface area (TPSA) is 69.0 Å². The fourth-order valence-corrected chi connectivity index (χ4v) is 7.75. The number of rotatable bonds is 8. The predicted molar refractivity (Wildman–Crippen MR) is 160 cm³/mol. The summed E-state index contributed by atoms with van der Waals surface area (Å²) in [5.74, 6) is 1.33. The van der Waals surface area contributed by atoms with E-state index in [0.29, 0.717) is 30.9 Å². The molecule has 5 rings (SSSR count). The second-order valence-corrected chi connectivity index (χ2v) is 12.2. The monoisotopic (exact) mass is 541 g/mol. The normalized spacial score (nSPS) is 27.9. The van der Waals surface area contributed by atoms with Gasteiger partial charge in [-0.2, -0.15) is 5.26 Å². The van der Waals surface area contributed by atoms with E-state index in [2.05, 4.69) is 74.9 Å². The number of piperidine rings is 1. The molecule has 1 saturated heterocycles. The molecule has 0 spiro atoms. The van der Waals surface area contributed by atoms with E-state index in [-0.39, 0.29) is 24.2 Å². The molecule has 0 unspecified atom stereocenters. The molecular formula is C34H43N3O3. The second kappa shape index (κ2) is 11.0. The van der Waals surface area contributed by atoms with E-state index in [9.17, 15) is 10.4 Å². The summed E-state index contributed by atoms with van der Waals surface area (Å²) < 4.78 is 12.4. The molecule has 2 aromatic carbocycles. The summed E-state index contributed by atoms with van der Waals surface area (Å²) >= 11 is 0. The lowest BCUT2D eigenvalue weighted by molar-refractivity contribution is -0.145. The Labute approximate surface area is 239 Å². The van der Waals surface area contributed by atoms with Crippen molar-refractivity contribution in [3.8, 4) is 17.6 Å². The first-order chi connectivity index (χ1) is 19.2. The highest BCUT2D eigenvalue weighted by molar-refractivity contribution is 5.63.